The number of nitriles is 1. The van der Waals surface area contributed by atoms with Crippen LogP contribution in [0.1, 0.15) is 29.4 Å². The number of nitrogens with zero attached hydrogens (tertiary/aromatic N) is 6. The lowest BCUT2D eigenvalue weighted by Crippen LogP contribution is -2.32. The normalized spacial score (nSPS) is 15.7. The van der Waals surface area contributed by atoms with Crippen LogP contribution >= 0.6 is 11.6 Å². The van der Waals surface area contributed by atoms with E-state index in [9.17, 15) is 10.1 Å². The molecule has 1 atom stereocenters. The molecule has 1 saturated heterocycles. The van der Waals surface area contributed by atoms with Gasteiger partial charge in [-0.1, -0.05) is 35.9 Å². The molecule has 9 nitrogen and oxygen atoms in total. The van der Waals surface area contributed by atoms with E-state index < -0.39 is 6.04 Å². The Morgan fingerprint density at radius 3 is 2.82 bits per heavy atom. The minimum Gasteiger partial charge on any atom is -0.382 e. The molecule has 0 aliphatic carbocycles. The smallest absolute Gasteiger partial charge is 0.267 e. The third-order valence-corrected chi connectivity index (χ3v) is 5.92. The van der Waals surface area contributed by atoms with Crippen LogP contribution in [-0.2, 0) is 4.84 Å². The van der Waals surface area contributed by atoms with Crippen LogP contribution < -0.4 is 16.4 Å². The van der Waals surface area contributed by atoms with Crippen molar-refractivity contribution in [3.05, 3.63) is 81.1 Å². The van der Waals surface area contributed by atoms with Crippen LogP contribution in [0.4, 0.5) is 11.6 Å². The van der Waals surface area contributed by atoms with E-state index in [1.165, 1.54) is 11.4 Å². The molecule has 0 spiro atoms. The molecule has 0 bridgehead atoms. The highest BCUT2D eigenvalue weighted by molar-refractivity contribution is 6.35. The van der Waals surface area contributed by atoms with Crippen molar-refractivity contribution in [2.24, 2.45) is 0 Å². The Labute approximate surface area is 193 Å². The number of nitrogens with two attached hydrogens (primary N) is 1. The van der Waals surface area contributed by atoms with Gasteiger partial charge in [-0.15, -0.1) is 0 Å². The molecule has 33 heavy (non-hydrogen) atoms. The minimum absolute atomic E-state index is 0.0475. The topological polar surface area (TPSA) is 123 Å². The highest BCUT2D eigenvalue weighted by atomic mass is 35.5. The maximum Gasteiger partial charge on any atom is 0.267 e. The van der Waals surface area contributed by atoms with Crippen LogP contribution in [0, 0.1) is 18.3 Å². The summed E-state index contributed by atoms with van der Waals surface area (Å²) < 4.78 is 1.56. The number of nitrogen functional groups attached to an aromatic ring is 1. The Morgan fingerprint density at radius 2 is 2.03 bits per heavy atom. The molecule has 5 rings (SSSR count). The van der Waals surface area contributed by atoms with Crippen molar-refractivity contribution in [3.8, 4) is 11.8 Å². The number of anilines is 2. The van der Waals surface area contributed by atoms with Gasteiger partial charge in [0.15, 0.2) is 5.82 Å². The zero-order valence-corrected chi connectivity index (χ0v) is 18.3. The Morgan fingerprint density at radius 1 is 1.21 bits per heavy atom. The fraction of sp³-hybridized carbons (Fsp3) is 0.174. The maximum atomic E-state index is 13.8. The Kier molecular flexibility index (Phi) is 5.17. The van der Waals surface area contributed by atoms with E-state index in [0.717, 1.165) is 5.56 Å². The molecule has 0 radical (unpaired) electrons. The van der Waals surface area contributed by atoms with Gasteiger partial charge >= 0.3 is 0 Å². The maximum absolute atomic E-state index is 13.8. The highest BCUT2D eigenvalue weighted by Gasteiger charge is 2.35. The monoisotopic (exact) mass is 459 g/mol. The summed E-state index contributed by atoms with van der Waals surface area (Å²) in [6.07, 6.45) is 1.78. The average molecular weight is 460 g/mol. The molecule has 164 valence electrons. The molecule has 0 amide bonds. The number of aryl methyl sites for hydroxylation is 1. The lowest BCUT2D eigenvalue weighted by Gasteiger charge is -2.26. The third-order valence-electron chi connectivity index (χ3n) is 5.61. The van der Waals surface area contributed by atoms with Gasteiger partial charge in [0.2, 0.25) is 0 Å². The fourth-order valence-electron chi connectivity index (χ4n) is 4.05. The molecule has 1 fully saturated rings. The first-order valence-electron chi connectivity index (χ1n) is 10.2. The zero-order valence-electron chi connectivity index (χ0n) is 17.6. The molecule has 3 heterocycles. The second kappa shape index (κ2) is 8.16. The van der Waals surface area contributed by atoms with Gasteiger partial charge in [-0.2, -0.15) is 5.26 Å². The van der Waals surface area contributed by atoms with E-state index in [1.807, 2.05) is 37.3 Å². The first-order valence-corrected chi connectivity index (χ1v) is 10.6. The van der Waals surface area contributed by atoms with Crippen molar-refractivity contribution >= 4 is 34.1 Å². The summed E-state index contributed by atoms with van der Waals surface area (Å²) in [7, 11) is 0. The van der Waals surface area contributed by atoms with Crippen molar-refractivity contribution < 1.29 is 4.84 Å². The van der Waals surface area contributed by atoms with Gasteiger partial charge in [-0.05, 0) is 30.7 Å². The first kappa shape index (κ1) is 20.9. The number of hydroxylamine groups is 1. The van der Waals surface area contributed by atoms with Crippen molar-refractivity contribution in [1.29, 1.82) is 5.26 Å². The van der Waals surface area contributed by atoms with Gasteiger partial charge < -0.3 is 5.73 Å². The molecule has 2 aromatic heterocycles. The number of hydrogen-bond acceptors (Lipinski definition) is 8. The van der Waals surface area contributed by atoms with Crippen molar-refractivity contribution in [1.82, 2.24) is 19.5 Å². The van der Waals surface area contributed by atoms with Crippen LogP contribution in [0.3, 0.4) is 0 Å². The predicted molar refractivity (Wildman–Crippen MR) is 124 cm³/mol. The fourth-order valence-corrected chi connectivity index (χ4v) is 4.30. The number of aromatic nitrogens is 4. The van der Waals surface area contributed by atoms with Crippen LogP contribution in [0.15, 0.2) is 53.6 Å². The van der Waals surface area contributed by atoms with Gasteiger partial charge in [0.05, 0.1) is 28.2 Å². The van der Waals surface area contributed by atoms with E-state index >= 15 is 0 Å². The molecule has 2 N–H and O–H groups in total. The zero-order chi connectivity index (χ0) is 23.1. The number of halogens is 1. The number of rotatable bonds is 3. The molecule has 2 aromatic carbocycles. The van der Waals surface area contributed by atoms with E-state index in [1.54, 1.807) is 22.8 Å². The summed E-state index contributed by atoms with van der Waals surface area (Å²) in [5.74, 6) is 0.721. The Balaban J connectivity index is 1.80. The molecular formula is C23H18ClN7O2. The van der Waals surface area contributed by atoms with Gasteiger partial charge in [0.25, 0.3) is 5.56 Å². The van der Waals surface area contributed by atoms with E-state index in [4.69, 9.17) is 27.2 Å². The van der Waals surface area contributed by atoms with Crippen LogP contribution in [-0.4, -0.2) is 26.1 Å². The van der Waals surface area contributed by atoms with E-state index in [-0.39, 0.29) is 22.8 Å². The second-order valence-corrected chi connectivity index (χ2v) is 7.97. The van der Waals surface area contributed by atoms with Crippen LogP contribution in [0.5, 0.6) is 0 Å². The van der Waals surface area contributed by atoms with Crippen LogP contribution in [0.25, 0.3) is 16.6 Å². The number of benzene rings is 2. The summed E-state index contributed by atoms with van der Waals surface area (Å²) >= 11 is 6.40. The quantitative estimate of drug-likeness (QED) is 0.494. The van der Waals surface area contributed by atoms with Crippen molar-refractivity contribution in [3.63, 3.8) is 0 Å². The molecule has 1 unspecified atom stereocenters. The first-order chi connectivity index (χ1) is 16.0. The molecular weight excluding hydrogens is 442 g/mol. The third kappa shape index (κ3) is 3.36. The minimum atomic E-state index is -0.512. The summed E-state index contributed by atoms with van der Waals surface area (Å²) in [5, 5.41) is 11.8. The lowest BCUT2D eigenvalue weighted by molar-refractivity contribution is 0.155. The van der Waals surface area contributed by atoms with Gasteiger partial charge in [0, 0.05) is 6.42 Å². The number of para-hydroxylation sites is 1. The summed E-state index contributed by atoms with van der Waals surface area (Å²) in [6.45, 7) is 2.26. The lowest BCUT2D eigenvalue weighted by atomic mass is 10.1. The number of fused-ring (bicyclic) bond motifs is 1. The predicted octanol–water partition coefficient (Wildman–Crippen LogP) is 3.47. The average Bonchev–Trinajstić information content (AvgIpc) is 3.29. The Bertz CT molecular complexity index is 1490. The van der Waals surface area contributed by atoms with E-state index in [2.05, 4.69) is 9.97 Å². The Hall–Kier alpha value is -4.00. The van der Waals surface area contributed by atoms with Gasteiger partial charge in [0.1, 0.15) is 35.6 Å². The van der Waals surface area contributed by atoms with Crippen LogP contribution in [0.2, 0.25) is 5.02 Å². The second-order valence-electron chi connectivity index (χ2n) is 7.56. The van der Waals surface area contributed by atoms with Crippen molar-refractivity contribution in [2.45, 2.75) is 19.4 Å². The summed E-state index contributed by atoms with van der Waals surface area (Å²) in [4.78, 5) is 32.6. The molecule has 4 aromatic rings. The summed E-state index contributed by atoms with van der Waals surface area (Å²) in [6, 6.07) is 14.2. The standard InChI is InChI=1S/C23H18ClN7O2/c1-13-5-2-3-8-17(13)30-22(29-16-7-4-6-15(24)19(16)23(30)32)18-9-10-33-31(18)21-14(11-25)20(26)27-12-28-21/h2-8,12,18H,9-10H2,1H3,(H2,26,27,28). The molecule has 1 aliphatic rings. The molecule has 10 heteroatoms. The highest BCUT2D eigenvalue weighted by Crippen LogP contribution is 2.37. The van der Waals surface area contributed by atoms with Gasteiger partial charge in [-0.3, -0.25) is 14.2 Å². The largest absolute Gasteiger partial charge is 0.382 e. The number of hydrogen-bond donors (Lipinski definition) is 1. The van der Waals surface area contributed by atoms with Crippen molar-refractivity contribution in [2.75, 3.05) is 17.4 Å². The SMILES string of the molecule is Cc1ccccc1-n1c(C2CCON2c2ncnc(N)c2C#N)nc2cccc(Cl)c2c1=O. The molecule has 0 saturated carbocycles. The van der Waals surface area contributed by atoms with E-state index in [0.29, 0.717) is 40.5 Å². The summed E-state index contributed by atoms with van der Waals surface area (Å²) in [5.41, 5.74) is 7.75. The van der Waals surface area contributed by atoms with Gasteiger partial charge in [-0.25, -0.2) is 20.0 Å². The molecule has 1 aliphatic heterocycles.